The van der Waals surface area contributed by atoms with Crippen LogP contribution in [0.25, 0.3) is 0 Å². The first-order chi connectivity index (χ1) is 7.36. The lowest BCUT2D eigenvalue weighted by molar-refractivity contribution is 0.536. The van der Waals surface area contributed by atoms with Gasteiger partial charge in [0.2, 0.25) is 0 Å². The smallest absolute Gasteiger partial charge is 0.0950 e. The molecule has 0 aliphatic heterocycles. The van der Waals surface area contributed by atoms with Crippen LogP contribution in [0.3, 0.4) is 0 Å². The molecule has 1 unspecified atom stereocenters. The molecule has 0 spiro atoms. The Balaban J connectivity index is 1.89. The molecule has 0 saturated heterocycles. The van der Waals surface area contributed by atoms with E-state index in [9.17, 15) is 0 Å². The fourth-order valence-electron chi connectivity index (χ4n) is 1.40. The maximum atomic E-state index is 5.03. The molecule has 2 heterocycles. The summed E-state index contributed by atoms with van der Waals surface area (Å²) in [6.07, 6.45) is 5.25. The first kappa shape index (κ1) is 9.93. The summed E-state index contributed by atoms with van der Waals surface area (Å²) in [5.41, 5.74) is 2.21. The second-order valence-electron chi connectivity index (χ2n) is 3.48. The Labute approximate surface area is 89.1 Å². The summed E-state index contributed by atoms with van der Waals surface area (Å²) in [7, 11) is 0. The Kier molecular flexibility index (Phi) is 3.15. The molecule has 0 amide bonds. The number of rotatable bonds is 4. The summed E-state index contributed by atoms with van der Waals surface area (Å²) >= 11 is 0. The highest BCUT2D eigenvalue weighted by atomic mass is 16.3. The zero-order valence-corrected chi connectivity index (χ0v) is 8.68. The van der Waals surface area contributed by atoms with E-state index in [0.717, 1.165) is 17.8 Å². The van der Waals surface area contributed by atoms with Gasteiger partial charge in [-0.05, 0) is 25.1 Å². The Bertz CT molecular complexity index is 383. The molecule has 78 valence electrons. The van der Waals surface area contributed by atoms with Crippen LogP contribution in [-0.4, -0.2) is 4.98 Å². The second kappa shape index (κ2) is 4.75. The molecule has 0 saturated carbocycles. The van der Waals surface area contributed by atoms with E-state index in [4.69, 9.17) is 4.42 Å². The molecule has 3 heteroatoms. The van der Waals surface area contributed by atoms with E-state index in [1.165, 1.54) is 0 Å². The predicted octanol–water partition coefficient (Wildman–Crippen LogP) is 2.53. The fourth-order valence-corrected chi connectivity index (χ4v) is 1.40. The number of nitrogens with one attached hydrogen (secondary N) is 1. The van der Waals surface area contributed by atoms with Crippen molar-refractivity contribution >= 4 is 0 Å². The van der Waals surface area contributed by atoms with Gasteiger partial charge in [0, 0.05) is 24.3 Å². The number of nitrogens with zero attached hydrogens (tertiary/aromatic N) is 1. The lowest BCUT2D eigenvalue weighted by Crippen LogP contribution is -2.18. The van der Waals surface area contributed by atoms with Crippen molar-refractivity contribution in [2.24, 2.45) is 0 Å². The van der Waals surface area contributed by atoms with E-state index in [1.54, 1.807) is 18.7 Å². The number of hydrogen-bond donors (Lipinski definition) is 1. The molecule has 0 fully saturated rings. The van der Waals surface area contributed by atoms with Crippen molar-refractivity contribution in [3.05, 3.63) is 54.2 Å². The predicted molar refractivity (Wildman–Crippen MR) is 58.2 cm³/mol. The summed E-state index contributed by atoms with van der Waals surface area (Å²) in [5.74, 6) is 0. The highest BCUT2D eigenvalue weighted by molar-refractivity contribution is 5.11. The van der Waals surface area contributed by atoms with Crippen molar-refractivity contribution in [2.75, 3.05) is 0 Å². The molecule has 0 aliphatic carbocycles. The van der Waals surface area contributed by atoms with Gasteiger partial charge in [0.15, 0.2) is 0 Å². The van der Waals surface area contributed by atoms with Crippen LogP contribution < -0.4 is 5.32 Å². The Morgan fingerprint density at radius 3 is 3.00 bits per heavy atom. The Hall–Kier alpha value is -1.61. The summed E-state index contributed by atoms with van der Waals surface area (Å²) in [6.45, 7) is 2.88. The monoisotopic (exact) mass is 202 g/mol. The molecule has 1 N–H and O–H groups in total. The SMILES string of the molecule is CC(NCc1ccccn1)c1ccoc1. The third kappa shape index (κ3) is 2.67. The zero-order chi connectivity index (χ0) is 10.5. The van der Waals surface area contributed by atoms with Gasteiger partial charge < -0.3 is 9.73 Å². The molecule has 2 aromatic rings. The van der Waals surface area contributed by atoms with Gasteiger partial charge in [-0.25, -0.2) is 0 Å². The van der Waals surface area contributed by atoms with Crippen molar-refractivity contribution < 1.29 is 4.42 Å². The third-order valence-corrected chi connectivity index (χ3v) is 2.36. The van der Waals surface area contributed by atoms with Crippen LogP contribution in [0.15, 0.2) is 47.4 Å². The first-order valence-electron chi connectivity index (χ1n) is 5.01. The lowest BCUT2D eigenvalue weighted by atomic mass is 10.2. The highest BCUT2D eigenvalue weighted by Crippen LogP contribution is 2.12. The molecular formula is C12H14N2O. The van der Waals surface area contributed by atoms with E-state index in [-0.39, 0.29) is 6.04 Å². The zero-order valence-electron chi connectivity index (χ0n) is 8.68. The van der Waals surface area contributed by atoms with E-state index in [1.807, 2.05) is 24.3 Å². The van der Waals surface area contributed by atoms with E-state index in [0.29, 0.717) is 0 Å². The van der Waals surface area contributed by atoms with Gasteiger partial charge in [-0.2, -0.15) is 0 Å². The standard InChI is InChI=1S/C12H14N2O/c1-10(11-5-7-15-9-11)14-8-12-4-2-3-6-13-12/h2-7,9-10,14H,8H2,1H3. The minimum atomic E-state index is 0.283. The molecule has 0 aliphatic rings. The highest BCUT2D eigenvalue weighted by Gasteiger charge is 2.05. The minimum Gasteiger partial charge on any atom is -0.472 e. The van der Waals surface area contributed by atoms with Gasteiger partial charge in [-0.15, -0.1) is 0 Å². The summed E-state index contributed by atoms with van der Waals surface area (Å²) in [6, 6.07) is 8.17. The first-order valence-corrected chi connectivity index (χ1v) is 5.01. The average molecular weight is 202 g/mol. The van der Waals surface area contributed by atoms with Gasteiger partial charge in [0.25, 0.3) is 0 Å². The molecule has 0 aromatic carbocycles. The van der Waals surface area contributed by atoms with Crippen LogP contribution in [0.1, 0.15) is 24.2 Å². The number of aromatic nitrogens is 1. The Morgan fingerprint density at radius 1 is 1.40 bits per heavy atom. The van der Waals surface area contributed by atoms with Gasteiger partial charge in [0.05, 0.1) is 18.2 Å². The van der Waals surface area contributed by atoms with Crippen molar-refractivity contribution in [3.63, 3.8) is 0 Å². The summed E-state index contributed by atoms with van der Waals surface area (Å²) in [4.78, 5) is 4.25. The molecular weight excluding hydrogens is 188 g/mol. The van der Waals surface area contributed by atoms with Gasteiger partial charge in [-0.1, -0.05) is 6.07 Å². The minimum absolute atomic E-state index is 0.283. The van der Waals surface area contributed by atoms with Crippen LogP contribution in [0, 0.1) is 0 Å². The molecule has 0 radical (unpaired) electrons. The third-order valence-electron chi connectivity index (χ3n) is 2.36. The van der Waals surface area contributed by atoms with Crippen LogP contribution in [0.4, 0.5) is 0 Å². The van der Waals surface area contributed by atoms with E-state index in [2.05, 4.69) is 17.2 Å². The van der Waals surface area contributed by atoms with Crippen molar-refractivity contribution in [2.45, 2.75) is 19.5 Å². The van der Waals surface area contributed by atoms with Crippen LogP contribution in [0.2, 0.25) is 0 Å². The molecule has 3 nitrogen and oxygen atoms in total. The maximum Gasteiger partial charge on any atom is 0.0950 e. The van der Waals surface area contributed by atoms with E-state index < -0.39 is 0 Å². The van der Waals surface area contributed by atoms with E-state index >= 15 is 0 Å². The van der Waals surface area contributed by atoms with Crippen molar-refractivity contribution in [1.82, 2.24) is 10.3 Å². The van der Waals surface area contributed by atoms with Gasteiger partial charge in [0.1, 0.15) is 0 Å². The molecule has 2 aromatic heterocycles. The van der Waals surface area contributed by atoms with Gasteiger partial charge >= 0.3 is 0 Å². The largest absolute Gasteiger partial charge is 0.472 e. The van der Waals surface area contributed by atoms with Crippen molar-refractivity contribution in [3.8, 4) is 0 Å². The average Bonchev–Trinajstić information content (AvgIpc) is 2.81. The second-order valence-corrected chi connectivity index (χ2v) is 3.48. The van der Waals surface area contributed by atoms with Crippen LogP contribution >= 0.6 is 0 Å². The number of hydrogen-bond acceptors (Lipinski definition) is 3. The van der Waals surface area contributed by atoms with Gasteiger partial charge in [-0.3, -0.25) is 4.98 Å². The molecule has 15 heavy (non-hydrogen) atoms. The number of furan rings is 1. The lowest BCUT2D eigenvalue weighted by Gasteiger charge is -2.10. The maximum absolute atomic E-state index is 5.03. The normalized spacial score (nSPS) is 12.6. The van der Waals surface area contributed by atoms with Crippen molar-refractivity contribution in [1.29, 1.82) is 0 Å². The molecule has 0 bridgehead atoms. The quantitative estimate of drug-likeness (QED) is 0.827. The van der Waals surface area contributed by atoms with Crippen LogP contribution in [0.5, 0.6) is 0 Å². The Morgan fingerprint density at radius 2 is 2.33 bits per heavy atom. The topological polar surface area (TPSA) is 38.1 Å². The molecule has 2 rings (SSSR count). The number of pyridine rings is 1. The van der Waals surface area contributed by atoms with Crippen LogP contribution in [-0.2, 0) is 6.54 Å². The summed E-state index contributed by atoms with van der Waals surface area (Å²) < 4.78 is 5.03. The molecule has 1 atom stereocenters. The summed E-state index contributed by atoms with van der Waals surface area (Å²) in [5, 5.41) is 3.38. The fraction of sp³-hybridized carbons (Fsp3) is 0.250.